The van der Waals surface area contributed by atoms with Crippen LogP contribution in [0.5, 0.6) is 0 Å². The lowest BCUT2D eigenvalue weighted by Gasteiger charge is -1.88. The van der Waals surface area contributed by atoms with Crippen molar-refractivity contribution in [2.45, 2.75) is 13.3 Å². The molecule has 44 valence electrons. The van der Waals surface area contributed by atoms with Crippen LogP contribution in [0.3, 0.4) is 0 Å². The van der Waals surface area contributed by atoms with Gasteiger partial charge < -0.3 is 0 Å². The Kier molecular flexibility index (Phi) is 1.64. The summed E-state index contributed by atoms with van der Waals surface area (Å²) in [5, 5.41) is 1.50. The van der Waals surface area contributed by atoms with E-state index in [0.717, 1.165) is 22.1 Å². The summed E-state index contributed by atoms with van der Waals surface area (Å²) in [6, 6.07) is 0. The molecule has 0 nitrogen and oxygen atoms in total. The van der Waals surface area contributed by atoms with Crippen LogP contribution < -0.4 is 0 Å². The van der Waals surface area contributed by atoms with E-state index in [1.807, 2.05) is 13.0 Å². The Labute approximate surface area is 58.8 Å². The van der Waals surface area contributed by atoms with Crippen molar-refractivity contribution >= 4 is 23.2 Å². The van der Waals surface area contributed by atoms with Crippen LogP contribution in [0.2, 0.25) is 0 Å². The van der Waals surface area contributed by atoms with Crippen molar-refractivity contribution in [2.75, 3.05) is 0 Å². The van der Waals surface area contributed by atoms with Gasteiger partial charge in [0.25, 0.3) is 0 Å². The minimum absolute atomic E-state index is 0.728. The number of hydrogen-bond donors (Lipinski definition) is 0. The van der Waals surface area contributed by atoms with Crippen molar-refractivity contribution in [1.29, 1.82) is 0 Å². The first-order chi connectivity index (χ1) is 3.72. The Hall–Kier alpha value is 0.0600. The molecule has 0 fully saturated rings. The smallest absolute Gasteiger partial charge is 0.0580 e. The van der Waals surface area contributed by atoms with Gasteiger partial charge in [0.15, 0.2) is 0 Å². The van der Waals surface area contributed by atoms with E-state index in [9.17, 15) is 0 Å². The van der Waals surface area contributed by atoms with Gasteiger partial charge in [0, 0.05) is 11.5 Å². The molecule has 0 aromatic rings. The largest absolute Gasteiger partial charge is 0.0872 e. The van der Waals surface area contributed by atoms with Gasteiger partial charge in [0.1, 0.15) is 0 Å². The van der Waals surface area contributed by atoms with Gasteiger partial charge >= 0.3 is 0 Å². The molecule has 0 amide bonds. The number of allylic oxidation sites excluding steroid dienone is 4. The first-order valence-electron chi connectivity index (χ1n) is 2.43. The van der Waals surface area contributed by atoms with E-state index < -0.39 is 0 Å². The minimum Gasteiger partial charge on any atom is -0.0872 e. The van der Waals surface area contributed by atoms with Gasteiger partial charge in [-0.25, -0.2) is 0 Å². The molecule has 0 aliphatic heterocycles. The summed E-state index contributed by atoms with van der Waals surface area (Å²) in [5.74, 6) is 0. The summed E-state index contributed by atoms with van der Waals surface area (Å²) in [5.41, 5.74) is 1.09. The maximum Gasteiger partial charge on any atom is 0.0580 e. The zero-order chi connectivity index (χ0) is 6.15. The fourth-order valence-corrected chi connectivity index (χ4v) is 1.02. The molecule has 0 N–H and O–H groups in total. The Bertz CT molecular complexity index is 160. The third-order valence-corrected chi connectivity index (χ3v) is 2.14. The second kappa shape index (κ2) is 2.12. The van der Waals surface area contributed by atoms with Crippen molar-refractivity contribution in [2.24, 2.45) is 0 Å². The molecule has 1 aliphatic carbocycles. The molecule has 0 aromatic heterocycles. The molecule has 1 rings (SSSR count). The standard InChI is InChI=1S/C6H6Cl2/c1-4-2-3-5(7)6(4)8/h2H,3H2,1H3. The topological polar surface area (TPSA) is 0 Å². The fraction of sp³-hybridized carbons (Fsp3) is 0.333. The van der Waals surface area contributed by atoms with Gasteiger partial charge in [-0.3, -0.25) is 0 Å². The Balaban J connectivity index is 2.88. The number of halogens is 2. The summed E-state index contributed by atoms with van der Waals surface area (Å²) in [4.78, 5) is 0. The van der Waals surface area contributed by atoms with Gasteiger partial charge in [0.05, 0.1) is 5.03 Å². The van der Waals surface area contributed by atoms with Crippen LogP contribution in [0.25, 0.3) is 0 Å². The first-order valence-corrected chi connectivity index (χ1v) is 3.18. The molecule has 0 saturated heterocycles. The highest BCUT2D eigenvalue weighted by Gasteiger charge is 2.08. The highest BCUT2D eigenvalue weighted by atomic mass is 35.5. The minimum atomic E-state index is 0.728. The molecule has 0 saturated carbocycles. The highest BCUT2D eigenvalue weighted by molar-refractivity contribution is 6.41. The average Bonchev–Trinajstić information content (AvgIpc) is 1.98. The van der Waals surface area contributed by atoms with Crippen LogP contribution >= 0.6 is 23.2 Å². The van der Waals surface area contributed by atoms with Crippen molar-refractivity contribution in [3.8, 4) is 0 Å². The second-order valence-electron chi connectivity index (χ2n) is 1.81. The van der Waals surface area contributed by atoms with E-state index >= 15 is 0 Å². The van der Waals surface area contributed by atoms with Crippen LogP contribution in [-0.4, -0.2) is 0 Å². The van der Waals surface area contributed by atoms with Crippen LogP contribution in [-0.2, 0) is 0 Å². The van der Waals surface area contributed by atoms with Gasteiger partial charge in [-0.15, -0.1) is 0 Å². The molecule has 0 radical (unpaired) electrons. The molecule has 2 heteroatoms. The maximum atomic E-state index is 5.69. The summed E-state index contributed by atoms with van der Waals surface area (Å²) in [6.45, 7) is 1.96. The van der Waals surface area contributed by atoms with Gasteiger partial charge in [0.2, 0.25) is 0 Å². The summed E-state index contributed by atoms with van der Waals surface area (Å²) < 4.78 is 0. The molecule has 0 aromatic carbocycles. The zero-order valence-corrected chi connectivity index (χ0v) is 6.05. The molecule has 8 heavy (non-hydrogen) atoms. The van der Waals surface area contributed by atoms with E-state index in [1.165, 1.54) is 0 Å². The van der Waals surface area contributed by atoms with E-state index in [1.54, 1.807) is 0 Å². The van der Waals surface area contributed by atoms with Crippen molar-refractivity contribution in [3.05, 3.63) is 21.7 Å². The predicted octanol–water partition coefficient (Wildman–Crippen LogP) is 3.03. The van der Waals surface area contributed by atoms with Crippen molar-refractivity contribution < 1.29 is 0 Å². The van der Waals surface area contributed by atoms with Crippen LogP contribution in [0.15, 0.2) is 21.7 Å². The third-order valence-electron chi connectivity index (χ3n) is 1.17. The molecule has 0 spiro atoms. The Morgan fingerprint density at radius 3 is 2.25 bits per heavy atom. The molecular formula is C6H6Cl2. The third kappa shape index (κ3) is 0.910. The monoisotopic (exact) mass is 148 g/mol. The van der Waals surface area contributed by atoms with Gasteiger partial charge in [-0.2, -0.15) is 0 Å². The lowest BCUT2D eigenvalue weighted by molar-refractivity contribution is 1.39. The van der Waals surface area contributed by atoms with Crippen LogP contribution in [0, 0.1) is 0 Å². The van der Waals surface area contributed by atoms with Crippen molar-refractivity contribution in [3.63, 3.8) is 0 Å². The van der Waals surface area contributed by atoms with E-state index in [4.69, 9.17) is 23.2 Å². The summed E-state index contributed by atoms with van der Waals surface area (Å²) in [7, 11) is 0. The predicted molar refractivity (Wildman–Crippen MR) is 37.1 cm³/mol. The average molecular weight is 149 g/mol. The van der Waals surface area contributed by atoms with Gasteiger partial charge in [-0.1, -0.05) is 29.3 Å². The van der Waals surface area contributed by atoms with Crippen LogP contribution in [0.1, 0.15) is 13.3 Å². The number of rotatable bonds is 0. The maximum absolute atomic E-state index is 5.69. The number of hydrogen-bond acceptors (Lipinski definition) is 0. The lowest BCUT2D eigenvalue weighted by atomic mass is 10.3. The summed E-state index contributed by atoms with van der Waals surface area (Å²) in [6.07, 6.45) is 2.83. The quantitative estimate of drug-likeness (QED) is 0.496. The molecule has 0 heterocycles. The van der Waals surface area contributed by atoms with Crippen molar-refractivity contribution in [1.82, 2.24) is 0 Å². The molecule has 0 unspecified atom stereocenters. The van der Waals surface area contributed by atoms with E-state index in [2.05, 4.69) is 0 Å². The first kappa shape index (κ1) is 6.18. The highest BCUT2D eigenvalue weighted by Crippen LogP contribution is 2.30. The van der Waals surface area contributed by atoms with E-state index in [0.29, 0.717) is 0 Å². The Morgan fingerprint density at radius 1 is 1.50 bits per heavy atom. The SMILES string of the molecule is CC1=CCC(Cl)=C1Cl. The Morgan fingerprint density at radius 2 is 2.12 bits per heavy atom. The van der Waals surface area contributed by atoms with Crippen LogP contribution in [0.4, 0.5) is 0 Å². The van der Waals surface area contributed by atoms with E-state index in [-0.39, 0.29) is 0 Å². The van der Waals surface area contributed by atoms with Gasteiger partial charge in [-0.05, 0) is 12.5 Å². The normalized spacial score (nSPS) is 19.6. The molecular weight excluding hydrogens is 143 g/mol. The zero-order valence-electron chi connectivity index (χ0n) is 4.54. The molecule has 1 aliphatic rings. The summed E-state index contributed by atoms with van der Waals surface area (Å²) >= 11 is 11.3. The molecule has 0 bridgehead atoms. The molecule has 0 atom stereocenters. The fourth-order valence-electron chi connectivity index (χ4n) is 0.636. The second-order valence-corrected chi connectivity index (χ2v) is 2.64. The lowest BCUT2D eigenvalue weighted by Crippen LogP contribution is -1.67.